The molecule has 3 rings (SSSR count). The number of fused-ring (bicyclic) bond motifs is 1. The zero-order valence-electron chi connectivity index (χ0n) is 17.8. The van der Waals surface area contributed by atoms with Crippen molar-refractivity contribution in [2.75, 3.05) is 36.8 Å². The van der Waals surface area contributed by atoms with E-state index in [9.17, 15) is 17.6 Å². The monoisotopic (exact) mass is 463 g/mol. The van der Waals surface area contributed by atoms with Gasteiger partial charge in [0.25, 0.3) is 5.91 Å². The number of halogens is 1. The van der Waals surface area contributed by atoms with Crippen molar-refractivity contribution in [2.24, 2.45) is 0 Å². The van der Waals surface area contributed by atoms with E-state index in [1.165, 1.54) is 40.5 Å². The van der Waals surface area contributed by atoms with Gasteiger partial charge in [0, 0.05) is 13.1 Å². The molecule has 0 atom stereocenters. The fourth-order valence-electron chi connectivity index (χ4n) is 3.28. The van der Waals surface area contributed by atoms with Crippen LogP contribution >= 0.6 is 11.3 Å². The lowest BCUT2D eigenvalue weighted by molar-refractivity contribution is 0.0980. The van der Waals surface area contributed by atoms with Crippen LogP contribution < -0.4 is 4.90 Å². The third kappa shape index (κ3) is 5.11. The maximum Gasteiger partial charge on any atom is 0.261 e. The first-order chi connectivity index (χ1) is 14.8. The molecule has 0 aliphatic rings. The Morgan fingerprint density at radius 1 is 1.06 bits per heavy atom. The third-order valence-electron chi connectivity index (χ3n) is 5.18. The molecule has 0 aliphatic carbocycles. The molecule has 0 saturated heterocycles. The summed E-state index contributed by atoms with van der Waals surface area (Å²) in [5.74, 6) is -0.903. The highest BCUT2D eigenvalue weighted by molar-refractivity contribution is 7.91. The van der Waals surface area contributed by atoms with E-state index in [0.29, 0.717) is 28.4 Å². The Kier molecular flexibility index (Phi) is 7.40. The lowest BCUT2D eigenvalue weighted by Crippen LogP contribution is -2.39. The van der Waals surface area contributed by atoms with Gasteiger partial charge in [-0.25, -0.2) is 17.8 Å². The zero-order valence-corrected chi connectivity index (χ0v) is 19.5. The number of aromatic nitrogens is 1. The number of likely N-dealkylation sites (N-methyl/N-ethyl adjacent to an activating group) is 1. The van der Waals surface area contributed by atoms with E-state index in [2.05, 4.69) is 9.88 Å². The SMILES string of the molecule is CCN(CC)CCN(C(=O)c1ccccc1S(=O)(=O)CC)c1nc2ccc(F)cc2s1. The first-order valence-electron chi connectivity index (χ1n) is 10.2. The second-order valence-electron chi connectivity index (χ2n) is 6.99. The molecule has 0 bridgehead atoms. The molecule has 1 amide bonds. The number of hydrogen-bond acceptors (Lipinski definition) is 6. The van der Waals surface area contributed by atoms with Gasteiger partial charge in [0.2, 0.25) is 0 Å². The maximum absolute atomic E-state index is 13.7. The summed E-state index contributed by atoms with van der Waals surface area (Å²) in [7, 11) is -3.58. The Bertz CT molecular complexity index is 1170. The van der Waals surface area contributed by atoms with Gasteiger partial charge < -0.3 is 4.90 Å². The minimum absolute atomic E-state index is 0.0162. The van der Waals surface area contributed by atoms with Crippen molar-refractivity contribution in [3.63, 3.8) is 0 Å². The standard InChI is InChI=1S/C22H26FN3O3S2/c1-4-25(5-2)13-14-26(22-24-18-12-11-16(23)15-19(18)30-22)21(27)17-9-7-8-10-20(17)31(28,29)6-3/h7-12,15H,4-6,13-14H2,1-3H3. The normalized spacial score (nSPS) is 11.9. The quantitative estimate of drug-likeness (QED) is 0.475. The van der Waals surface area contributed by atoms with E-state index >= 15 is 0 Å². The highest BCUT2D eigenvalue weighted by Crippen LogP contribution is 2.31. The van der Waals surface area contributed by atoms with Gasteiger partial charge in [-0.1, -0.05) is 44.2 Å². The summed E-state index contributed by atoms with van der Waals surface area (Å²) < 4.78 is 39.5. The van der Waals surface area contributed by atoms with Crippen LogP contribution in [0, 0.1) is 5.82 Å². The van der Waals surface area contributed by atoms with Gasteiger partial charge in [-0.3, -0.25) is 9.69 Å². The molecule has 0 unspecified atom stereocenters. The van der Waals surface area contributed by atoms with Crippen molar-refractivity contribution in [3.05, 3.63) is 53.8 Å². The Hall–Kier alpha value is -2.36. The van der Waals surface area contributed by atoms with Crippen molar-refractivity contribution < 1.29 is 17.6 Å². The second-order valence-corrected chi connectivity index (χ2v) is 10.2. The minimum Gasteiger partial charge on any atom is -0.302 e. The number of nitrogens with zero attached hydrogens (tertiary/aromatic N) is 3. The number of hydrogen-bond donors (Lipinski definition) is 0. The predicted octanol–water partition coefficient (Wildman–Crippen LogP) is 4.22. The first kappa shape index (κ1) is 23.3. The summed E-state index contributed by atoms with van der Waals surface area (Å²) in [4.78, 5) is 21.8. The molecule has 0 saturated carbocycles. The van der Waals surface area contributed by atoms with E-state index in [4.69, 9.17) is 0 Å². The van der Waals surface area contributed by atoms with Crippen LogP contribution in [0.3, 0.4) is 0 Å². The molecule has 2 aromatic carbocycles. The van der Waals surface area contributed by atoms with Gasteiger partial charge in [0.1, 0.15) is 5.82 Å². The molecule has 1 aromatic heterocycles. The van der Waals surface area contributed by atoms with Gasteiger partial charge in [0.15, 0.2) is 15.0 Å². The van der Waals surface area contributed by atoms with Crippen molar-refractivity contribution in [2.45, 2.75) is 25.7 Å². The number of carbonyl (C=O) groups excluding carboxylic acids is 1. The number of benzene rings is 2. The van der Waals surface area contributed by atoms with Crippen LogP contribution in [-0.4, -0.2) is 56.1 Å². The van der Waals surface area contributed by atoms with Crippen molar-refractivity contribution in [3.8, 4) is 0 Å². The number of anilines is 1. The molecule has 0 aliphatic heterocycles. The number of sulfone groups is 1. The fraction of sp³-hybridized carbons (Fsp3) is 0.364. The first-order valence-corrected chi connectivity index (χ1v) is 12.7. The Morgan fingerprint density at radius 2 is 1.77 bits per heavy atom. The average Bonchev–Trinajstić information content (AvgIpc) is 3.19. The van der Waals surface area contributed by atoms with E-state index in [0.717, 1.165) is 13.1 Å². The molecule has 0 fully saturated rings. The molecule has 3 aromatic rings. The Morgan fingerprint density at radius 3 is 2.45 bits per heavy atom. The molecule has 0 N–H and O–H groups in total. The van der Waals surface area contributed by atoms with Crippen LogP contribution in [0.2, 0.25) is 0 Å². The van der Waals surface area contributed by atoms with Crippen molar-refractivity contribution >= 4 is 42.4 Å². The summed E-state index contributed by atoms with van der Waals surface area (Å²) in [6, 6.07) is 10.5. The van der Waals surface area contributed by atoms with E-state index in [-0.39, 0.29) is 22.0 Å². The second kappa shape index (κ2) is 9.84. The molecule has 0 radical (unpaired) electrons. The molecule has 31 heavy (non-hydrogen) atoms. The zero-order chi connectivity index (χ0) is 22.6. The van der Waals surface area contributed by atoms with E-state index in [1.807, 2.05) is 13.8 Å². The molecule has 0 spiro atoms. The lowest BCUT2D eigenvalue weighted by atomic mass is 10.2. The van der Waals surface area contributed by atoms with E-state index in [1.54, 1.807) is 25.1 Å². The van der Waals surface area contributed by atoms with Crippen molar-refractivity contribution in [1.29, 1.82) is 0 Å². The van der Waals surface area contributed by atoms with Crippen molar-refractivity contribution in [1.82, 2.24) is 9.88 Å². The summed E-state index contributed by atoms with van der Waals surface area (Å²) in [5.41, 5.74) is 0.714. The van der Waals surface area contributed by atoms with Crippen LogP contribution in [0.15, 0.2) is 47.4 Å². The number of carbonyl (C=O) groups is 1. The van der Waals surface area contributed by atoms with Crippen LogP contribution in [0.5, 0.6) is 0 Å². The molecule has 6 nitrogen and oxygen atoms in total. The summed E-state index contributed by atoms with van der Waals surface area (Å²) >= 11 is 1.21. The number of thiazole rings is 1. The molecular formula is C22H26FN3O3S2. The smallest absolute Gasteiger partial charge is 0.261 e. The van der Waals surface area contributed by atoms with Crippen LogP contribution in [0.4, 0.5) is 9.52 Å². The number of rotatable bonds is 9. The molecule has 166 valence electrons. The summed E-state index contributed by atoms with van der Waals surface area (Å²) in [5, 5.41) is 0.418. The van der Waals surface area contributed by atoms with Gasteiger partial charge >= 0.3 is 0 Å². The molecular weight excluding hydrogens is 437 g/mol. The van der Waals surface area contributed by atoms with Crippen LogP contribution in [-0.2, 0) is 9.84 Å². The summed E-state index contributed by atoms with van der Waals surface area (Å²) in [6.45, 7) is 8.22. The fourth-order valence-corrected chi connectivity index (χ4v) is 5.38. The predicted molar refractivity (Wildman–Crippen MR) is 123 cm³/mol. The van der Waals surface area contributed by atoms with Crippen LogP contribution in [0.1, 0.15) is 31.1 Å². The molecule has 1 heterocycles. The number of amides is 1. The average molecular weight is 464 g/mol. The lowest BCUT2D eigenvalue weighted by Gasteiger charge is -2.25. The topological polar surface area (TPSA) is 70.6 Å². The molecule has 9 heteroatoms. The van der Waals surface area contributed by atoms with Gasteiger partial charge in [-0.15, -0.1) is 0 Å². The third-order valence-corrected chi connectivity index (χ3v) is 8.01. The highest BCUT2D eigenvalue weighted by Gasteiger charge is 2.27. The minimum atomic E-state index is -3.58. The van der Waals surface area contributed by atoms with Gasteiger partial charge in [-0.2, -0.15) is 0 Å². The Balaban J connectivity index is 2.07. The highest BCUT2D eigenvalue weighted by atomic mass is 32.2. The summed E-state index contributed by atoms with van der Waals surface area (Å²) in [6.07, 6.45) is 0. The van der Waals surface area contributed by atoms with Crippen LogP contribution in [0.25, 0.3) is 10.2 Å². The Labute approximate surface area is 186 Å². The van der Waals surface area contributed by atoms with Gasteiger partial charge in [-0.05, 0) is 43.4 Å². The largest absolute Gasteiger partial charge is 0.302 e. The van der Waals surface area contributed by atoms with Gasteiger partial charge in [0.05, 0.1) is 26.4 Å². The maximum atomic E-state index is 13.7. The van der Waals surface area contributed by atoms with E-state index < -0.39 is 15.7 Å².